The van der Waals surface area contributed by atoms with Gasteiger partial charge in [-0.15, -0.1) is 0 Å². The second-order valence-corrected chi connectivity index (χ2v) is 6.53. The number of hydrogen-bond acceptors (Lipinski definition) is 3. The van der Waals surface area contributed by atoms with E-state index in [0.29, 0.717) is 12.5 Å². The quantitative estimate of drug-likeness (QED) is 0.797. The third kappa shape index (κ3) is 3.72. The second kappa shape index (κ2) is 6.86. The largest absolute Gasteiger partial charge is 0.388 e. The second-order valence-electron chi connectivity index (χ2n) is 6.09. The maximum absolute atomic E-state index is 12.0. The molecule has 22 heavy (non-hydrogen) atoms. The summed E-state index contributed by atoms with van der Waals surface area (Å²) < 4.78 is 5.12. The van der Waals surface area contributed by atoms with E-state index < -0.39 is 6.10 Å². The van der Waals surface area contributed by atoms with Crippen molar-refractivity contribution in [3.05, 3.63) is 34.9 Å². The molecule has 0 spiro atoms. The molecule has 1 aromatic rings. The van der Waals surface area contributed by atoms with Gasteiger partial charge in [0, 0.05) is 11.1 Å². The van der Waals surface area contributed by atoms with Gasteiger partial charge in [-0.25, -0.2) is 4.79 Å². The summed E-state index contributed by atoms with van der Waals surface area (Å²) in [6, 6.07) is 7.54. The first-order chi connectivity index (χ1) is 10.6. The Bertz CT molecular complexity index is 540. The molecule has 1 aliphatic heterocycles. The highest BCUT2D eigenvalue weighted by Gasteiger charge is 2.30. The summed E-state index contributed by atoms with van der Waals surface area (Å²) in [5.41, 5.74) is 1.23. The number of amides is 2. The molecular formula is C16H21ClN2O3. The van der Waals surface area contributed by atoms with Gasteiger partial charge in [-0.2, -0.15) is 0 Å². The minimum atomic E-state index is -0.617. The van der Waals surface area contributed by atoms with Crippen LogP contribution in [0.15, 0.2) is 24.3 Å². The maximum atomic E-state index is 12.0. The minimum Gasteiger partial charge on any atom is -0.388 e. The Kier molecular flexibility index (Phi) is 4.86. The molecule has 1 saturated heterocycles. The number of urea groups is 1. The summed E-state index contributed by atoms with van der Waals surface area (Å²) >= 11 is 6.04. The van der Waals surface area contributed by atoms with Crippen molar-refractivity contribution < 1.29 is 14.6 Å². The van der Waals surface area contributed by atoms with E-state index in [1.807, 2.05) is 18.2 Å². The zero-order chi connectivity index (χ0) is 15.5. The Morgan fingerprint density at radius 1 is 1.27 bits per heavy atom. The van der Waals surface area contributed by atoms with Gasteiger partial charge in [0.25, 0.3) is 0 Å². The van der Waals surface area contributed by atoms with Crippen LogP contribution in [0.1, 0.15) is 30.7 Å². The number of carbonyl (C=O) groups excluding carboxylic acids is 1. The Morgan fingerprint density at radius 3 is 2.86 bits per heavy atom. The predicted octanol–water partition coefficient (Wildman–Crippen LogP) is 2.03. The fraction of sp³-hybridized carbons (Fsp3) is 0.562. The van der Waals surface area contributed by atoms with Crippen molar-refractivity contribution in [1.82, 2.24) is 10.6 Å². The lowest BCUT2D eigenvalue weighted by Crippen LogP contribution is -2.49. The average molecular weight is 325 g/mol. The van der Waals surface area contributed by atoms with Gasteiger partial charge in [0.1, 0.15) is 0 Å². The van der Waals surface area contributed by atoms with Crippen molar-refractivity contribution >= 4 is 17.6 Å². The van der Waals surface area contributed by atoms with Crippen LogP contribution in [-0.4, -0.2) is 42.5 Å². The molecule has 2 amide bonds. The number of aliphatic hydroxyl groups is 1. The molecular weight excluding hydrogens is 304 g/mol. The van der Waals surface area contributed by atoms with E-state index in [4.69, 9.17) is 16.3 Å². The molecule has 1 saturated carbocycles. The van der Waals surface area contributed by atoms with Crippen molar-refractivity contribution in [3.8, 4) is 0 Å². The normalized spacial score (nSPS) is 31.2. The molecule has 0 aromatic heterocycles. The first kappa shape index (κ1) is 15.6. The van der Waals surface area contributed by atoms with Crippen LogP contribution in [0.2, 0.25) is 5.02 Å². The van der Waals surface area contributed by atoms with Crippen LogP contribution in [0.3, 0.4) is 0 Å². The monoisotopic (exact) mass is 324 g/mol. The van der Waals surface area contributed by atoms with E-state index >= 15 is 0 Å². The highest BCUT2D eigenvalue weighted by atomic mass is 35.5. The van der Waals surface area contributed by atoms with E-state index in [-0.39, 0.29) is 24.7 Å². The summed E-state index contributed by atoms with van der Waals surface area (Å²) in [5, 5.41) is 16.2. The Hall–Kier alpha value is -1.30. The van der Waals surface area contributed by atoms with Crippen molar-refractivity contribution in [3.63, 3.8) is 0 Å². The fourth-order valence-electron chi connectivity index (χ4n) is 3.25. The molecule has 5 nitrogen and oxygen atoms in total. The lowest BCUT2D eigenvalue weighted by molar-refractivity contribution is 0.122. The highest BCUT2D eigenvalue weighted by Crippen LogP contribution is 2.35. The molecule has 3 rings (SSSR count). The average Bonchev–Trinajstić information content (AvgIpc) is 3.09. The molecule has 2 unspecified atom stereocenters. The molecule has 2 fully saturated rings. The van der Waals surface area contributed by atoms with Gasteiger partial charge in [-0.05, 0) is 42.9 Å². The van der Waals surface area contributed by atoms with Gasteiger partial charge in [0.15, 0.2) is 0 Å². The maximum Gasteiger partial charge on any atom is 0.315 e. The summed E-state index contributed by atoms with van der Waals surface area (Å²) in [5.74, 6) is 0.435. The van der Waals surface area contributed by atoms with Gasteiger partial charge < -0.3 is 20.5 Å². The standard InChI is InChI=1S/C16H21ClN2O3/c17-12-3-1-2-10(6-12)11-4-5-13(7-11)18-16(21)19-14-8-22-9-15(14)20/h1-3,6,11,13-15,20H,4-5,7-9H2,(H2,18,19,21)/t11?,13?,14-,15-/m1/s1. The van der Waals surface area contributed by atoms with E-state index in [1.54, 1.807) is 0 Å². The lowest BCUT2D eigenvalue weighted by Gasteiger charge is -2.18. The number of rotatable bonds is 3. The number of aliphatic hydroxyl groups excluding tert-OH is 1. The van der Waals surface area contributed by atoms with Crippen molar-refractivity contribution in [2.45, 2.75) is 43.4 Å². The summed E-state index contributed by atoms with van der Waals surface area (Å²) in [7, 11) is 0. The number of nitrogens with one attached hydrogen (secondary N) is 2. The molecule has 1 aliphatic carbocycles. The number of ether oxygens (including phenoxy) is 1. The van der Waals surface area contributed by atoms with Gasteiger partial charge in [-0.1, -0.05) is 23.7 Å². The van der Waals surface area contributed by atoms with Crippen LogP contribution in [-0.2, 0) is 4.74 Å². The Labute approximate surface area is 135 Å². The molecule has 0 radical (unpaired) electrons. The first-order valence-corrected chi connectivity index (χ1v) is 8.08. The van der Waals surface area contributed by atoms with Gasteiger partial charge in [0.2, 0.25) is 0 Å². The zero-order valence-electron chi connectivity index (χ0n) is 12.3. The number of hydrogen-bond donors (Lipinski definition) is 3. The SMILES string of the molecule is O=C(NC1CCC(c2cccc(Cl)c2)C1)N[C@@H]1COC[C@H]1O. The Balaban J connectivity index is 1.49. The highest BCUT2D eigenvalue weighted by molar-refractivity contribution is 6.30. The van der Waals surface area contributed by atoms with E-state index in [0.717, 1.165) is 24.3 Å². The fourth-order valence-corrected chi connectivity index (χ4v) is 3.45. The topological polar surface area (TPSA) is 70.6 Å². The van der Waals surface area contributed by atoms with Gasteiger partial charge in [0.05, 0.1) is 25.4 Å². The molecule has 6 heteroatoms. The van der Waals surface area contributed by atoms with Crippen molar-refractivity contribution in [1.29, 1.82) is 0 Å². The van der Waals surface area contributed by atoms with Crippen LogP contribution in [0.4, 0.5) is 4.79 Å². The third-order valence-corrected chi connectivity index (χ3v) is 4.69. The summed E-state index contributed by atoms with van der Waals surface area (Å²) in [6.45, 7) is 0.648. The van der Waals surface area contributed by atoms with Crippen molar-refractivity contribution in [2.75, 3.05) is 13.2 Å². The minimum absolute atomic E-state index is 0.156. The zero-order valence-corrected chi connectivity index (χ0v) is 13.1. The molecule has 1 heterocycles. The smallest absolute Gasteiger partial charge is 0.315 e. The summed E-state index contributed by atoms with van der Waals surface area (Å²) in [4.78, 5) is 12.0. The van der Waals surface area contributed by atoms with Gasteiger partial charge >= 0.3 is 6.03 Å². The van der Waals surface area contributed by atoms with E-state index in [9.17, 15) is 9.90 Å². The van der Waals surface area contributed by atoms with Crippen molar-refractivity contribution in [2.24, 2.45) is 0 Å². The van der Waals surface area contributed by atoms with Crippen LogP contribution < -0.4 is 10.6 Å². The summed E-state index contributed by atoms with van der Waals surface area (Å²) in [6.07, 6.45) is 2.29. The molecule has 3 N–H and O–H groups in total. The predicted molar refractivity (Wildman–Crippen MR) is 84.1 cm³/mol. The first-order valence-electron chi connectivity index (χ1n) is 7.70. The van der Waals surface area contributed by atoms with Crippen LogP contribution >= 0.6 is 11.6 Å². The van der Waals surface area contributed by atoms with E-state index in [2.05, 4.69) is 16.7 Å². The molecule has 2 aliphatic rings. The van der Waals surface area contributed by atoms with Crippen LogP contribution in [0, 0.1) is 0 Å². The van der Waals surface area contributed by atoms with Crippen LogP contribution in [0.25, 0.3) is 0 Å². The number of benzene rings is 1. The molecule has 4 atom stereocenters. The molecule has 0 bridgehead atoms. The Morgan fingerprint density at radius 2 is 2.14 bits per heavy atom. The molecule has 120 valence electrons. The lowest BCUT2D eigenvalue weighted by atomic mass is 9.97. The molecule has 1 aromatic carbocycles. The van der Waals surface area contributed by atoms with Crippen LogP contribution in [0.5, 0.6) is 0 Å². The number of carbonyl (C=O) groups is 1. The number of halogens is 1. The third-order valence-electron chi connectivity index (χ3n) is 4.45. The van der Waals surface area contributed by atoms with Gasteiger partial charge in [-0.3, -0.25) is 0 Å². The van der Waals surface area contributed by atoms with E-state index in [1.165, 1.54) is 5.56 Å².